The topological polar surface area (TPSA) is 51.1 Å². The van der Waals surface area contributed by atoms with Crippen LogP contribution in [0, 0.1) is 0 Å². The number of aromatic nitrogens is 1. The molecule has 0 atom stereocenters. The first-order valence-corrected chi connectivity index (χ1v) is 9.41. The first-order chi connectivity index (χ1) is 12.7. The third kappa shape index (κ3) is 3.13. The zero-order valence-electron chi connectivity index (χ0n) is 14.1. The Morgan fingerprint density at radius 3 is 2.19 bits per heavy atom. The van der Waals surface area contributed by atoms with Gasteiger partial charge in [0.05, 0.1) is 11.0 Å². The second kappa shape index (κ2) is 7.14. The molecule has 0 saturated carbocycles. The summed E-state index contributed by atoms with van der Waals surface area (Å²) in [5.41, 5.74) is 1.57. The lowest BCUT2D eigenvalue weighted by Crippen LogP contribution is -2.30. The number of nitrogens with zero attached hydrogens (tertiary/aromatic N) is 1. The molecule has 5 heteroatoms. The second-order valence-electron chi connectivity index (χ2n) is 6.13. The highest BCUT2D eigenvalue weighted by Gasteiger charge is 2.12. The van der Waals surface area contributed by atoms with E-state index in [1.54, 1.807) is 11.3 Å². The maximum atomic E-state index is 12.7. The van der Waals surface area contributed by atoms with Crippen molar-refractivity contribution in [1.29, 1.82) is 0 Å². The van der Waals surface area contributed by atoms with Crippen LogP contribution >= 0.6 is 11.3 Å². The molecule has 0 aliphatic rings. The van der Waals surface area contributed by atoms with Crippen LogP contribution in [0.4, 0.5) is 0 Å². The minimum atomic E-state index is -0.0551. The summed E-state index contributed by atoms with van der Waals surface area (Å²) < 4.78 is 1.92. The third-order valence-corrected chi connectivity index (χ3v) is 5.39. The standard InChI is InChI=1S/C21H18N2O2S/c24-20(22-12-11-15-6-5-13-26-15)14-23-18-9-3-1-7-16(18)21(25)17-8-2-4-10-19(17)23/h1-10,13H,11-12,14H2,(H,22,24). The molecule has 2 heterocycles. The first-order valence-electron chi connectivity index (χ1n) is 8.53. The lowest BCUT2D eigenvalue weighted by molar-refractivity contribution is -0.121. The van der Waals surface area contributed by atoms with E-state index in [-0.39, 0.29) is 17.9 Å². The molecule has 0 spiro atoms. The Morgan fingerprint density at radius 2 is 1.58 bits per heavy atom. The van der Waals surface area contributed by atoms with Crippen molar-refractivity contribution >= 4 is 39.0 Å². The summed E-state index contributed by atoms with van der Waals surface area (Å²) >= 11 is 1.69. The Hall–Kier alpha value is -2.92. The Labute approximate surface area is 154 Å². The van der Waals surface area contributed by atoms with Crippen molar-refractivity contribution in [3.05, 3.63) is 81.1 Å². The summed E-state index contributed by atoms with van der Waals surface area (Å²) in [6.45, 7) is 0.793. The van der Waals surface area contributed by atoms with Crippen molar-refractivity contribution in [1.82, 2.24) is 9.88 Å². The van der Waals surface area contributed by atoms with Gasteiger partial charge in [0.15, 0.2) is 5.43 Å². The molecule has 0 aliphatic heterocycles. The van der Waals surface area contributed by atoms with Crippen molar-refractivity contribution in [3.8, 4) is 0 Å². The van der Waals surface area contributed by atoms with E-state index < -0.39 is 0 Å². The largest absolute Gasteiger partial charge is 0.354 e. The average Bonchev–Trinajstić information content (AvgIpc) is 3.19. The van der Waals surface area contributed by atoms with Gasteiger partial charge in [0.25, 0.3) is 0 Å². The van der Waals surface area contributed by atoms with E-state index in [0.717, 1.165) is 17.5 Å². The Bertz CT molecular complexity index is 1070. The van der Waals surface area contributed by atoms with E-state index in [4.69, 9.17) is 0 Å². The van der Waals surface area contributed by atoms with Gasteiger partial charge in [-0.25, -0.2) is 0 Å². The average molecular weight is 362 g/mol. The number of carbonyl (C=O) groups is 1. The number of hydrogen-bond donors (Lipinski definition) is 1. The summed E-state index contributed by atoms with van der Waals surface area (Å²) in [4.78, 5) is 26.5. The maximum absolute atomic E-state index is 12.7. The van der Waals surface area contributed by atoms with Gasteiger partial charge in [-0.05, 0) is 42.1 Å². The highest BCUT2D eigenvalue weighted by molar-refractivity contribution is 7.09. The van der Waals surface area contributed by atoms with E-state index >= 15 is 0 Å². The van der Waals surface area contributed by atoms with Crippen LogP contribution in [0.3, 0.4) is 0 Å². The van der Waals surface area contributed by atoms with E-state index in [1.807, 2.05) is 64.5 Å². The van der Waals surface area contributed by atoms with E-state index in [9.17, 15) is 9.59 Å². The molecular formula is C21H18N2O2S. The molecule has 130 valence electrons. The zero-order valence-corrected chi connectivity index (χ0v) is 15.0. The highest BCUT2D eigenvalue weighted by atomic mass is 32.1. The summed E-state index contributed by atoms with van der Waals surface area (Å²) in [5.74, 6) is -0.0551. The number of rotatable bonds is 5. The molecule has 0 fully saturated rings. The zero-order chi connectivity index (χ0) is 17.9. The number of hydrogen-bond acceptors (Lipinski definition) is 3. The molecule has 0 saturated heterocycles. The van der Waals surface area contributed by atoms with Crippen molar-refractivity contribution in [3.63, 3.8) is 0 Å². The van der Waals surface area contributed by atoms with Gasteiger partial charge in [-0.15, -0.1) is 11.3 Å². The predicted molar refractivity (Wildman–Crippen MR) is 107 cm³/mol. The molecule has 0 radical (unpaired) electrons. The normalized spacial score (nSPS) is 11.1. The smallest absolute Gasteiger partial charge is 0.239 e. The van der Waals surface area contributed by atoms with E-state index in [2.05, 4.69) is 11.4 Å². The van der Waals surface area contributed by atoms with Gasteiger partial charge in [0.1, 0.15) is 6.54 Å². The molecule has 0 bridgehead atoms. The minimum Gasteiger partial charge on any atom is -0.354 e. The number of nitrogens with one attached hydrogen (secondary N) is 1. The Balaban J connectivity index is 1.65. The quantitative estimate of drug-likeness (QED) is 0.552. The number of amides is 1. The van der Waals surface area contributed by atoms with Crippen LogP contribution in [0.5, 0.6) is 0 Å². The molecule has 1 amide bonds. The number of carbonyl (C=O) groups excluding carboxylic acids is 1. The number of fused-ring (bicyclic) bond motifs is 2. The summed E-state index contributed by atoms with van der Waals surface area (Å²) in [6.07, 6.45) is 0.828. The molecule has 4 rings (SSSR count). The van der Waals surface area contributed by atoms with Crippen molar-refractivity contribution in [2.45, 2.75) is 13.0 Å². The highest BCUT2D eigenvalue weighted by Crippen LogP contribution is 2.19. The molecule has 4 nitrogen and oxygen atoms in total. The molecule has 0 aliphatic carbocycles. The van der Waals surface area contributed by atoms with Crippen LogP contribution in [-0.4, -0.2) is 17.0 Å². The number of thiophene rings is 1. The van der Waals surface area contributed by atoms with Crippen molar-refractivity contribution < 1.29 is 4.79 Å². The molecule has 26 heavy (non-hydrogen) atoms. The Kier molecular flexibility index (Phi) is 4.54. The molecule has 2 aromatic carbocycles. The summed E-state index contributed by atoms with van der Waals surface area (Å²) in [5, 5.41) is 6.29. The lowest BCUT2D eigenvalue weighted by atomic mass is 10.1. The molecule has 4 aromatic rings. The maximum Gasteiger partial charge on any atom is 0.239 e. The second-order valence-corrected chi connectivity index (χ2v) is 7.16. The number of para-hydroxylation sites is 2. The molecule has 2 aromatic heterocycles. The summed E-state index contributed by atoms with van der Waals surface area (Å²) in [7, 11) is 0. The fraction of sp³-hybridized carbons (Fsp3) is 0.143. The predicted octanol–water partition coefficient (Wildman–Crippen LogP) is 3.58. The number of benzene rings is 2. The van der Waals surface area contributed by atoms with Gasteiger partial charge in [0, 0.05) is 22.2 Å². The van der Waals surface area contributed by atoms with Gasteiger partial charge in [-0.3, -0.25) is 9.59 Å². The van der Waals surface area contributed by atoms with E-state index in [1.165, 1.54) is 4.88 Å². The van der Waals surface area contributed by atoms with Crippen molar-refractivity contribution in [2.24, 2.45) is 0 Å². The molecule has 0 unspecified atom stereocenters. The third-order valence-electron chi connectivity index (χ3n) is 4.45. The van der Waals surface area contributed by atoms with Crippen LogP contribution in [0.15, 0.2) is 70.8 Å². The Morgan fingerprint density at radius 1 is 0.923 bits per heavy atom. The van der Waals surface area contributed by atoms with Crippen LogP contribution < -0.4 is 10.7 Å². The van der Waals surface area contributed by atoms with Gasteiger partial charge < -0.3 is 9.88 Å². The first kappa shape index (κ1) is 16.5. The van der Waals surface area contributed by atoms with Crippen LogP contribution in [-0.2, 0) is 17.8 Å². The fourth-order valence-corrected chi connectivity index (χ4v) is 3.94. The fourth-order valence-electron chi connectivity index (χ4n) is 3.23. The number of pyridine rings is 1. The van der Waals surface area contributed by atoms with Gasteiger partial charge in [-0.2, -0.15) is 0 Å². The van der Waals surface area contributed by atoms with Crippen LogP contribution in [0.2, 0.25) is 0 Å². The monoisotopic (exact) mass is 362 g/mol. The van der Waals surface area contributed by atoms with Crippen LogP contribution in [0.1, 0.15) is 4.88 Å². The molecular weight excluding hydrogens is 344 g/mol. The lowest BCUT2D eigenvalue weighted by Gasteiger charge is -2.15. The van der Waals surface area contributed by atoms with E-state index in [0.29, 0.717) is 17.3 Å². The van der Waals surface area contributed by atoms with Crippen molar-refractivity contribution in [2.75, 3.05) is 6.54 Å². The van der Waals surface area contributed by atoms with Gasteiger partial charge in [0.2, 0.25) is 5.91 Å². The van der Waals surface area contributed by atoms with Gasteiger partial charge >= 0.3 is 0 Å². The van der Waals surface area contributed by atoms with Crippen LogP contribution in [0.25, 0.3) is 21.8 Å². The minimum absolute atomic E-state index is 0.00514. The van der Waals surface area contributed by atoms with Gasteiger partial charge in [-0.1, -0.05) is 30.3 Å². The SMILES string of the molecule is O=C(Cn1c2ccccc2c(=O)c2ccccc21)NCCc1cccs1. The summed E-state index contributed by atoms with van der Waals surface area (Å²) in [6, 6.07) is 19.0. The molecule has 1 N–H and O–H groups in total.